The molecule has 140 valence electrons. The molecule has 0 atom stereocenters. The summed E-state index contributed by atoms with van der Waals surface area (Å²) in [5.74, 6) is 0. The zero-order valence-corrected chi connectivity index (χ0v) is 16.9. The topological polar surface area (TPSA) is 89.8 Å². The van der Waals surface area contributed by atoms with Crippen LogP contribution < -0.4 is 5.32 Å². The van der Waals surface area contributed by atoms with E-state index in [4.69, 9.17) is 9.79 Å². The Hall–Kier alpha value is -0.570. The van der Waals surface area contributed by atoms with Gasteiger partial charge in [-0.1, -0.05) is 12.1 Å². The predicted molar refractivity (Wildman–Crippen MR) is 99.5 cm³/mol. The number of halogens is 3. The normalized spacial score (nSPS) is 13.4. The quantitative estimate of drug-likeness (QED) is 0.352. The van der Waals surface area contributed by atoms with E-state index in [0.29, 0.717) is 46.5 Å². The minimum Gasteiger partial charge on any atom is -0.390 e. The Morgan fingerprint density at radius 3 is 2.52 bits per heavy atom. The lowest BCUT2D eigenvalue weighted by atomic mass is 10.0. The number of aliphatic hydroxyl groups is 1. The first-order valence-electron chi connectivity index (χ1n) is 7.46. The summed E-state index contributed by atoms with van der Waals surface area (Å²) in [6.07, 6.45) is 1.25. The summed E-state index contributed by atoms with van der Waals surface area (Å²) < 4.78 is 39.8. The van der Waals surface area contributed by atoms with Crippen molar-refractivity contribution in [2.45, 2.75) is 38.0 Å². The highest BCUT2D eigenvalue weighted by molar-refractivity contribution is 9.10. The van der Waals surface area contributed by atoms with E-state index < -0.39 is 23.7 Å². The highest BCUT2D eigenvalue weighted by Gasteiger charge is 2.53. The van der Waals surface area contributed by atoms with Gasteiger partial charge in [0.05, 0.1) is 16.0 Å². The molecule has 0 aliphatic rings. The maximum absolute atomic E-state index is 14.1. The van der Waals surface area contributed by atoms with Gasteiger partial charge in [-0.05, 0) is 48.7 Å². The second kappa shape index (κ2) is 7.21. The highest BCUT2D eigenvalue weighted by Crippen LogP contribution is 2.63. The van der Waals surface area contributed by atoms with Crippen LogP contribution in [0.25, 0.3) is 10.1 Å². The first-order chi connectivity index (χ1) is 11.3. The smallest absolute Gasteiger partial charge is 0.390 e. The van der Waals surface area contributed by atoms with E-state index in [9.17, 15) is 18.5 Å². The Balaban J connectivity index is 2.33. The Labute approximate surface area is 156 Å². The molecule has 1 aromatic carbocycles. The second-order valence-electron chi connectivity index (χ2n) is 6.36. The first kappa shape index (κ1) is 20.7. The lowest BCUT2D eigenvalue weighted by molar-refractivity contribution is 0.0595. The fourth-order valence-corrected chi connectivity index (χ4v) is 5.33. The molecule has 0 fully saturated rings. The van der Waals surface area contributed by atoms with E-state index >= 15 is 0 Å². The van der Waals surface area contributed by atoms with Crippen LogP contribution in [0.3, 0.4) is 0 Å². The molecule has 0 bridgehead atoms. The lowest BCUT2D eigenvalue weighted by Gasteiger charge is -2.17. The molecule has 2 aromatic rings. The third-order valence-electron chi connectivity index (χ3n) is 3.57. The minimum atomic E-state index is -5.63. The largest absolute Gasteiger partial charge is 0.400 e. The zero-order valence-electron chi connectivity index (χ0n) is 13.6. The van der Waals surface area contributed by atoms with Crippen molar-refractivity contribution < 1.29 is 28.2 Å². The van der Waals surface area contributed by atoms with Gasteiger partial charge in [0.25, 0.3) is 0 Å². The molecule has 0 amide bonds. The van der Waals surface area contributed by atoms with Crippen LogP contribution in [0.4, 0.5) is 14.5 Å². The van der Waals surface area contributed by atoms with Crippen molar-refractivity contribution in [3.05, 3.63) is 27.5 Å². The molecule has 0 saturated heterocycles. The maximum Gasteiger partial charge on any atom is 0.400 e. The van der Waals surface area contributed by atoms with Gasteiger partial charge in [-0.2, -0.15) is 8.78 Å². The van der Waals surface area contributed by atoms with E-state index in [1.807, 2.05) is 0 Å². The Kier molecular flexibility index (Phi) is 5.98. The average molecular weight is 458 g/mol. The third-order valence-corrected chi connectivity index (χ3v) is 7.08. The van der Waals surface area contributed by atoms with Gasteiger partial charge in [-0.15, -0.1) is 11.3 Å². The Morgan fingerprint density at radius 1 is 1.32 bits per heavy atom. The second-order valence-corrected chi connectivity index (χ2v) is 9.82. The first-order valence-corrected chi connectivity index (χ1v) is 10.7. The molecule has 2 rings (SSSR count). The molecule has 0 aliphatic carbocycles. The molecule has 1 aromatic heterocycles. The van der Waals surface area contributed by atoms with Crippen molar-refractivity contribution in [3.63, 3.8) is 0 Å². The number of nitrogens with one attached hydrogen (secondary N) is 1. The van der Waals surface area contributed by atoms with Gasteiger partial charge in [0.1, 0.15) is 4.88 Å². The van der Waals surface area contributed by atoms with Crippen molar-refractivity contribution in [3.8, 4) is 0 Å². The summed E-state index contributed by atoms with van der Waals surface area (Å²) in [4.78, 5) is 17.3. The van der Waals surface area contributed by atoms with E-state index in [1.165, 1.54) is 0 Å². The SMILES string of the molecule is CC(C)(O)CCCNc1cccc2c(Br)c(C(F)(F)P(=O)(O)O)sc12. The van der Waals surface area contributed by atoms with Gasteiger partial charge in [-0.3, -0.25) is 4.57 Å². The summed E-state index contributed by atoms with van der Waals surface area (Å²) in [5.41, 5.74) is -4.43. The molecule has 0 aliphatic heterocycles. The van der Waals surface area contributed by atoms with Crippen LogP contribution in [-0.4, -0.2) is 27.0 Å². The van der Waals surface area contributed by atoms with Gasteiger partial charge >= 0.3 is 13.3 Å². The molecule has 4 N–H and O–H groups in total. The lowest BCUT2D eigenvalue weighted by Crippen LogP contribution is -2.19. The molecule has 1 heterocycles. The van der Waals surface area contributed by atoms with E-state index in [-0.39, 0.29) is 4.47 Å². The summed E-state index contributed by atoms with van der Waals surface area (Å²) in [7, 11) is -5.63. The van der Waals surface area contributed by atoms with Crippen molar-refractivity contribution in [2.24, 2.45) is 0 Å². The molecule has 0 radical (unpaired) electrons. The molecule has 0 saturated carbocycles. The van der Waals surface area contributed by atoms with Crippen LogP contribution in [0.2, 0.25) is 0 Å². The number of rotatable bonds is 7. The van der Waals surface area contributed by atoms with Crippen LogP contribution in [-0.2, 0) is 10.2 Å². The van der Waals surface area contributed by atoms with Gasteiger partial charge < -0.3 is 20.2 Å². The molecule has 0 spiro atoms. The minimum absolute atomic E-state index is 0.0130. The third kappa shape index (κ3) is 4.59. The van der Waals surface area contributed by atoms with Crippen LogP contribution in [0.1, 0.15) is 31.6 Å². The van der Waals surface area contributed by atoms with Gasteiger partial charge in [0.15, 0.2) is 0 Å². The molecule has 0 unspecified atom stereocenters. The van der Waals surface area contributed by atoms with Crippen LogP contribution in [0.15, 0.2) is 22.7 Å². The number of benzene rings is 1. The standard InChI is InChI=1S/C15H19BrF2NO4PS/c1-14(2,20)7-4-8-19-10-6-3-5-9-11(16)13(25-12(9)10)15(17,18)24(21,22)23/h3,5-6,19-20H,4,7-8H2,1-2H3,(H2,21,22,23). The van der Waals surface area contributed by atoms with E-state index in [1.54, 1.807) is 32.0 Å². The summed E-state index contributed by atoms with van der Waals surface area (Å²) in [6, 6.07) is 5.00. The van der Waals surface area contributed by atoms with Crippen LogP contribution >= 0.6 is 34.9 Å². The fourth-order valence-electron chi connectivity index (χ4n) is 2.30. The number of alkyl halides is 2. The zero-order chi connectivity index (χ0) is 19.0. The summed E-state index contributed by atoms with van der Waals surface area (Å²) in [5, 5.41) is 13.3. The molecule has 5 nitrogen and oxygen atoms in total. The highest BCUT2D eigenvalue weighted by atomic mass is 79.9. The molecule has 25 heavy (non-hydrogen) atoms. The summed E-state index contributed by atoms with van der Waals surface area (Å²) >= 11 is 3.70. The molecular formula is C15H19BrF2NO4PS. The van der Waals surface area contributed by atoms with Gasteiger partial charge in [0.2, 0.25) is 0 Å². The average Bonchev–Trinajstić information content (AvgIpc) is 2.80. The number of thiophene rings is 1. The number of anilines is 1. The number of hydrogen-bond acceptors (Lipinski definition) is 4. The van der Waals surface area contributed by atoms with Crippen molar-refractivity contribution in [2.75, 3.05) is 11.9 Å². The van der Waals surface area contributed by atoms with E-state index in [2.05, 4.69) is 21.2 Å². The van der Waals surface area contributed by atoms with Crippen molar-refractivity contribution in [1.29, 1.82) is 0 Å². The van der Waals surface area contributed by atoms with Gasteiger partial charge in [0, 0.05) is 16.4 Å². The van der Waals surface area contributed by atoms with Crippen LogP contribution in [0, 0.1) is 0 Å². The fraction of sp³-hybridized carbons (Fsp3) is 0.467. The predicted octanol–water partition coefficient (Wildman–Crippen LogP) is 4.85. The molecule has 10 heteroatoms. The molecular weight excluding hydrogens is 439 g/mol. The summed E-state index contributed by atoms with van der Waals surface area (Å²) in [6.45, 7) is 3.95. The number of hydrogen-bond donors (Lipinski definition) is 4. The Bertz CT molecular complexity index is 816. The van der Waals surface area contributed by atoms with Crippen molar-refractivity contribution in [1.82, 2.24) is 0 Å². The number of fused-ring (bicyclic) bond motifs is 1. The maximum atomic E-state index is 14.1. The van der Waals surface area contributed by atoms with Crippen molar-refractivity contribution >= 4 is 50.6 Å². The van der Waals surface area contributed by atoms with E-state index in [0.717, 1.165) is 0 Å². The monoisotopic (exact) mass is 457 g/mol. The van der Waals surface area contributed by atoms with Gasteiger partial charge in [-0.25, -0.2) is 0 Å². The van der Waals surface area contributed by atoms with Crippen LogP contribution in [0.5, 0.6) is 0 Å². The Morgan fingerprint density at radius 2 is 1.96 bits per heavy atom.